The first-order chi connectivity index (χ1) is 33.3. The van der Waals surface area contributed by atoms with Crippen molar-refractivity contribution < 1.29 is 0 Å². The van der Waals surface area contributed by atoms with E-state index in [9.17, 15) is 0 Å². The molecule has 0 bridgehead atoms. The Balaban J connectivity index is 1.23. The Kier molecular flexibility index (Phi) is 9.03. The Hall–Kier alpha value is -5.54. The second kappa shape index (κ2) is 14.1. The lowest BCUT2D eigenvalue weighted by Crippen LogP contribution is -2.63. The van der Waals surface area contributed by atoms with E-state index in [1.165, 1.54) is 161 Å². The van der Waals surface area contributed by atoms with Crippen molar-refractivity contribution in [2.24, 2.45) is 0 Å². The molecule has 2 heterocycles. The van der Waals surface area contributed by atoms with Gasteiger partial charge in [0.2, 0.25) is 0 Å². The van der Waals surface area contributed by atoms with Gasteiger partial charge < -0.3 is 9.71 Å². The van der Waals surface area contributed by atoms with Crippen molar-refractivity contribution in [3.05, 3.63) is 159 Å². The first-order valence-electron chi connectivity index (χ1n) is 27.3. The van der Waals surface area contributed by atoms with Crippen LogP contribution in [0.15, 0.2) is 109 Å². The summed E-state index contributed by atoms with van der Waals surface area (Å²) in [5.41, 5.74) is 28.5. The summed E-state index contributed by atoms with van der Waals surface area (Å²) in [6, 6.07) is 44.6. The molecule has 0 spiro atoms. The Bertz CT molecular complexity index is 3500. The highest BCUT2D eigenvalue weighted by atomic mass is 15.2. The van der Waals surface area contributed by atoms with Crippen LogP contribution in [0.4, 0.5) is 28.4 Å². The lowest BCUT2D eigenvalue weighted by molar-refractivity contribution is 0.332. The fourth-order valence-corrected chi connectivity index (χ4v) is 15.4. The van der Waals surface area contributed by atoms with E-state index in [-0.39, 0.29) is 44.8 Å². The zero-order valence-electron chi connectivity index (χ0n) is 45.6. The molecule has 7 aromatic carbocycles. The Morgan fingerprint density at radius 2 is 0.930 bits per heavy atom. The standard InChI is InChI=1S/C68H75BN2/c1-40-34-50-53(66(10,11)32-30-63(50,4)5)38-56(40)70-55-27-25-45-44-22-18-19-23-48(44)68(14,15)58(45)60(55)69-59-47(35-41-20-16-17-21-43(41)61(59)70)46-37-52-54(67(12,13)33-31-65(52,8)9)39-57(46)71(69)42-24-26-49-51(36-42)64(6,7)29-28-62(49,2)3/h16-27,34-39H,28-33H2,1-15H3. The molecule has 0 saturated carbocycles. The highest BCUT2D eigenvalue weighted by Crippen LogP contribution is 2.59. The van der Waals surface area contributed by atoms with Gasteiger partial charge in [0.15, 0.2) is 0 Å². The fourth-order valence-electron chi connectivity index (χ4n) is 15.4. The van der Waals surface area contributed by atoms with Crippen molar-refractivity contribution >= 4 is 57.0 Å². The van der Waals surface area contributed by atoms with Crippen molar-refractivity contribution in [2.45, 2.75) is 180 Å². The van der Waals surface area contributed by atoms with E-state index in [0.29, 0.717) is 0 Å². The third-order valence-electron chi connectivity index (χ3n) is 20.1. The molecule has 0 fully saturated rings. The summed E-state index contributed by atoms with van der Waals surface area (Å²) < 4.78 is 0. The highest BCUT2D eigenvalue weighted by molar-refractivity contribution is 6.94. The van der Waals surface area contributed by atoms with Gasteiger partial charge in [0.05, 0.1) is 5.69 Å². The van der Waals surface area contributed by atoms with Crippen molar-refractivity contribution in [3.63, 3.8) is 0 Å². The average molecular weight is 931 g/mol. The van der Waals surface area contributed by atoms with Gasteiger partial charge in [-0.05, 0) is 203 Å². The van der Waals surface area contributed by atoms with Crippen LogP contribution in [0.2, 0.25) is 0 Å². The Morgan fingerprint density at radius 1 is 0.394 bits per heavy atom. The lowest BCUT2D eigenvalue weighted by Gasteiger charge is -2.50. The van der Waals surface area contributed by atoms with Crippen LogP contribution in [0, 0.1) is 6.92 Å². The van der Waals surface area contributed by atoms with Crippen LogP contribution in [-0.4, -0.2) is 6.85 Å². The van der Waals surface area contributed by atoms with Gasteiger partial charge in [0.25, 0.3) is 0 Å². The SMILES string of the molecule is Cc1cc2c(cc1N1c3ccc4c(c3B3c5c(cc6ccccc6c51)-c1cc5c(cc1N3c1ccc3c(c1)C(C)(C)CCC3(C)C)C(C)(C)CCC5(C)C)C(C)(C)c1ccccc1-4)C(C)(C)CCC2(C)C. The molecule has 3 heteroatoms. The number of hydrogen-bond acceptors (Lipinski definition) is 2. The number of rotatable bonds is 2. The van der Waals surface area contributed by atoms with Crippen LogP contribution in [0.3, 0.4) is 0 Å². The summed E-state index contributed by atoms with van der Waals surface area (Å²) in [6.45, 7) is 37.2. The summed E-state index contributed by atoms with van der Waals surface area (Å²) in [5, 5.41) is 2.62. The number of nitrogens with zero attached hydrogens (tertiary/aromatic N) is 2. The molecular formula is C68H75BN2. The number of anilines is 5. The van der Waals surface area contributed by atoms with Gasteiger partial charge >= 0.3 is 6.85 Å². The van der Waals surface area contributed by atoms with E-state index in [0.717, 1.165) is 0 Å². The summed E-state index contributed by atoms with van der Waals surface area (Å²) in [5.74, 6) is 0. The van der Waals surface area contributed by atoms with Crippen molar-refractivity contribution in [1.29, 1.82) is 0 Å². The van der Waals surface area contributed by atoms with E-state index in [4.69, 9.17) is 0 Å². The molecule has 6 aliphatic rings. The summed E-state index contributed by atoms with van der Waals surface area (Å²) in [6.07, 6.45) is 7.10. The van der Waals surface area contributed by atoms with Crippen molar-refractivity contribution in [1.82, 2.24) is 0 Å². The maximum atomic E-state index is 2.88. The molecule has 7 aromatic rings. The second-order valence-corrected chi connectivity index (χ2v) is 27.7. The quantitative estimate of drug-likeness (QED) is 0.159. The molecular weight excluding hydrogens is 856 g/mol. The molecule has 360 valence electrons. The number of benzene rings is 7. The van der Waals surface area contributed by atoms with E-state index in [1.54, 1.807) is 0 Å². The molecule has 0 saturated heterocycles. The van der Waals surface area contributed by atoms with Crippen LogP contribution in [0.1, 0.15) is 186 Å². The van der Waals surface area contributed by atoms with Gasteiger partial charge in [-0.3, -0.25) is 0 Å². The minimum Gasteiger partial charge on any atom is -0.376 e. The average Bonchev–Trinajstić information content (AvgIpc) is 3.56. The van der Waals surface area contributed by atoms with Crippen molar-refractivity contribution in [2.75, 3.05) is 9.71 Å². The first kappa shape index (κ1) is 45.3. The molecule has 0 amide bonds. The monoisotopic (exact) mass is 931 g/mol. The van der Waals surface area contributed by atoms with Crippen LogP contribution in [0.25, 0.3) is 33.0 Å². The summed E-state index contributed by atoms with van der Waals surface area (Å²) >= 11 is 0. The maximum absolute atomic E-state index is 2.88. The topological polar surface area (TPSA) is 6.48 Å². The molecule has 4 aliphatic carbocycles. The van der Waals surface area contributed by atoms with Gasteiger partial charge in [0.1, 0.15) is 0 Å². The number of fused-ring (bicyclic) bond motifs is 13. The molecule has 0 unspecified atom stereocenters. The van der Waals surface area contributed by atoms with Crippen LogP contribution < -0.4 is 20.6 Å². The van der Waals surface area contributed by atoms with Gasteiger partial charge in [0, 0.05) is 39.1 Å². The molecule has 71 heavy (non-hydrogen) atoms. The maximum Gasteiger partial charge on any atom is 0.333 e. The molecule has 0 aromatic heterocycles. The predicted molar refractivity (Wildman–Crippen MR) is 306 cm³/mol. The van der Waals surface area contributed by atoms with Gasteiger partial charge in [-0.25, -0.2) is 0 Å². The minimum absolute atomic E-state index is 0.0424. The number of hydrogen-bond donors (Lipinski definition) is 0. The van der Waals surface area contributed by atoms with Crippen LogP contribution in [-0.2, 0) is 37.9 Å². The highest BCUT2D eigenvalue weighted by Gasteiger charge is 2.53. The van der Waals surface area contributed by atoms with Gasteiger partial charge in [-0.1, -0.05) is 164 Å². The van der Waals surface area contributed by atoms with Gasteiger partial charge in [-0.15, -0.1) is 0 Å². The van der Waals surface area contributed by atoms with Crippen molar-refractivity contribution in [3.8, 4) is 22.3 Å². The molecule has 2 aliphatic heterocycles. The summed E-state index contributed by atoms with van der Waals surface area (Å²) in [4.78, 5) is 5.67. The first-order valence-corrected chi connectivity index (χ1v) is 27.3. The Labute approximate surface area is 426 Å². The third-order valence-corrected chi connectivity index (χ3v) is 20.1. The Morgan fingerprint density at radius 3 is 1.58 bits per heavy atom. The van der Waals surface area contributed by atoms with Gasteiger partial charge in [-0.2, -0.15) is 0 Å². The molecule has 0 radical (unpaired) electrons. The van der Waals surface area contributed by atoms with Crippen LogP contribution in [0.5, 0.6) is 0 Å². The molecule has 2 nitrogen and oxygen atoms in total. The zero-order valence-corrected chi connectivity index (χ0v) is 45.6. The molecule has 13 rings (SSSR count). The molecule has 0 N–H and O–H groups in total. The molecule has 0 atom stereocenters. The fraction of sp³-hybridized carbons (Fsp3) is 0.412. The zero-order chi connectivity index (χ0) is 49.9. The predicted octanol–water partition coefficient (Wildman–Crippen LogP) is 17.2. The van der Waals surface area contributed by atoms with E-state index >= 15 is 0 Å². The van der Waals surface area contributed by atoms with Crippen LogP contribution >= 0.6 is 0 Å². The van der Waals surface area contributed by atoms with E-state index in [2.05, 4.69) is 223 Å². The normalized spacial score (nSPS) is 21.3. The lowest BCUT2D eigenvalue weighted by atomic mass is 9.41. The summed E-state index contributed by atoms with van der Waals surface area (Å²) in [7, 11) is 0. The van der Waals surface area contributed by atoms with E-state index < -0.39 is 0 Å². The largest absolute Gasteiger partial charge is 0.376 e. The third kappa shape index (κ3) is 6.08. The smallest absolute Gasteiger partial charge is 0.333 e. The number of aryl methyl sites for hydroxylation is 1. The van der Waals surface area contributed by atoms with E-state index in [1.807, 2.05) is 0 Å². The second-order valence-electron chi connectivity index (χ2n) is 27.7. The minimum atomic E-state index is -0.246.